The molecule has 0 saturated carbocycles. The standard InChI is InChI=1S/C17H16ClNO7S/c1-9(16(21)19-11-4-5-27(23,24)8-11)25-17(22)15-7-13(20)12-6-10(18)2-3-14(12)26-15/h2-3,6-7,9,11H,4-5,8H2,1H3,(H,19,21)/t9-,11+/m0/s1. The van der Waals surface area contributed by atoms with Crippen molar-refractivity contribution in [3.05, 3.63) is 45.3 Å². The molecule has 3 rings (SSSR count). The number of nitrogens with one attached hydrogen (secondary N) is 1. The molecule has 8 nitrogen and oxygen atoms in total. The van der Waals surface area contributed by atoms with Crippen molar-refractivity contribution in [1.82, 2.24) is 5.32 Å². The molecule has 0 radical (unpaired) electrons. The zero-order valence-electron chi connectivity index (χ0n) is 14.2. The highest BCUT2D eigenvalue weighted by molar-refractivity contribution is 7.91. The predicted molar refractivity (Wildman–Crippen MR) is 97.6 cm³/mol. The highest BCUT2D eigenvalue weighted by atomic mass is 35.5. The molecule has 0 spiro atoms. The van der Waals surface area contributed by atoms with Crippen molar-refractivity contribution in [2.24, 2.45) is 0 Å². The molecule has 1 N–H and O–H groups in total. The second kappa shape index (κ2) is 7.32. The number of amides is 1. The number of esters is 1. The third kappa shape index (κ3) is 4.48. The van der Waals surface area contributed by atoms with Crippen LogP contribution in [0.3, 0.4) is 0 Å². The average molecular weight is 414 g/mol. The van der Waals surface area contributed by atoms with E-state index in [1.165, 1.54) is 25.1 Å². The second-order valence-electron chi connectivity index (χ2n) is 6.27. The van der Waals surface area contributed by atoms with Gasteiger partial charge in [0.1, 0.15) is 5.58 Å². The molecule has 1 fully saturated rings. The lowest BCUT2D eigenvalue weighted by molar-refractivity contribution is -0.129. The van der Waals surface area contributed by atoms with Crippen molar-refractivity contribution in [3.63, 3.8) is 0 Å². The third-order valence-electron chi connectivity index (χ3n) is 4.12. The van der Waals surface area contributed by atoms with Crippen molar-refractivity contribution in [1.29, 1.82) is 0 Å². The fourth-order valence-corrected chi connectivity index (χ4v) is 4.57. The summed E-state index contributed by atoms with van der Waals surface area (Å²) < 4.78 is 33.2. The van der Waals surface area contributed by atoms with E-state index in [2.05, 4.69) is 5.32 Å². The van der Waals surface area contributed by atoms with Crippen LogP contribution in [0.4, 0.5) is 0 Å². The fourth-order valence-electron chi connectivity index (χ4n) is 2.73. The van der Waals surface area contributed by atoms with Gasteiger partial charge in [0.15, 0.2) is 21.4 Å². The molecule has 10 heteroatoms. The van der Waals surface area contributed by atoms with Crippen LogP contribution < -0.4 is 10.7 Å². The van der Waals surface area contributed by atoms with Crippen LogP contribution >= 0.6 is 11.6 Å². The van der Waals surface area contributed by atoms with Crippen molar-refractivity contribution in [3.8, 4) is 0 Å². The number of hydrogen-bond acceptors (Lipinski definition) is 7. The number of benzene rings is 1. The maximum Gasteiger partial charge on any atom is 0.375 e. The van der Waals surface area contributed by atoms with Gasteiger partial charge in [-0.1, -0.05) is 11.6 Å². The van der Waals surface area contributed by atoms with Gasteiger partial charge in [-0.2, -0.15) is 0 Å². The molecule has 2 heterocycles. The largest absolute Gasteiger partial charge is 0.449 e. The fraction of sp³-hybridized carbons (Fsp3) is 0.353. The average Bonchev–Trinajstić information content (AvgIpc) is 2.93. The van der Waals surface area contributed by atoms with E-state index in [-0.39, 0.29) is 28.2 Å². The number of hydrogen-bond donors (Lipinski definition) is 1. The Labute approximate surface area is 159 Å². The molecule has 2 atom stereocenters. The molecule has 0 unspecified atom stereocenters. The third-order valence-corrected chi connectivity index (χ3v) is 6.13. The van der Waals surface area contributed by atoms with Crippen LogP contribution in [0.2, 0.25) is 5.02 Å². The maximum absolute atomic E-state index is 12.2. The van der Waals surface area contributed by atoms with E-state index in [4.69, 9.17) is 20.8 Å². The summed E-state index contributed by atoms with van der Waals surface area (Å²) >= 11 is 5.83. The van der Waals surface area contributed by atoms with Gasteiger partial charge in [-0.15, -0.1) is 0 Å². The van der Waals surface area contributed by atoms with Crippen LogP contribution in [-0.4, -0.2) is 43.9 Å². The summed E-state index contributed by atoms with van der Waals surface area (Å²) in [5, 5.41) is 3.10. The molecule has 1 amide bonds. The number of ether oxygens (including phenoxy) is 1. The SMILES string of the molecule is C[C@H](OC(=O)c1cc(=O)c2cc(Cl)ccc2o1)C(=O)N[C@@H]1CCS(=O)(=O)C1. The minimum absolute atomic E-state index is 0.0123. The monoisotopic (exact) mass is 413 g/mol. The molecule has 2 aromatic rings. The number of rotatable bonds is 4. The van der Waals surface area contributed by atoms with Gasteiger partial charge in [-0.3, -0.25) is 9.59 Å². The quantitative estimate of drug-likeness (QED) is 0.750. The molecule has 1 aromatic heterocycles. The van der Waals surface area contributed by atoms with Crippen molar-refractivity contribution in [2.45, 2.75) is 25.5 Å². The van der Waals surface area contributed by atoms with Crippen LogP contribution in [0, 0.1) is 0 Å². The van der Waals surface area contributed by atoms with Crippen LogP contribution in [0.1, 0.15) is 23.9 Å². The molecule has 1 saturated heterocycles. The van der Waals surface area contributed by atoms with E-state index < -0.39 is 39.3 Å². The lowest BCUT2D eigenvalue weighted by Gasteiger charge is -2.16. The molecular formula is C17H16ClNO7S. The number of carbonyl (C=O) groups is 2. The summed E-state index contributed by atoms with van der Waals surface area (Å²) in [6.45, 7) is 1.34. The van der Waals surface area contributed by atoms with Gasteiger partial charge in [0.05, 0.1) is 16.9 Å². The molecule has 27 heavy (non-hydrogen) atoms. The second-order valence-corrected chi connectivity index (χ2v) is 8.94. The highest BCUT2D eigenvalue weighted by Gasteiger charge is 2.31. The van der Waals surface area contributed by atoms with Gasteiger partial charge in [0, 0.05) is 17.1 Å². The summed E-state index contributed by atoms with van der Waals surface area (Å²) in [6, 6.07) is 4.84. The van der Waals surface area contributed by atoms with Gasteiger partial charge in [0.2, 0.25) is 5.76 Å². The maximum atomic E-state index is 12.2. The lowest BCUT2D eigenvalue weighted by atomic mass is 10.2. The molecular weight excluding hydrogens is 398 g/mol. The Hall–Kier alpha value is -2.39. The first kappa shape index (κ1) is 19.4. The van der Waals surface area contributed by atoms with Gasteiger partial charge in [-0.05, 0) is 31.5 Å². The van der Waals surface area contributed by atoms with Crippen molar-refractivity contribution in [2.75, 3.05) is 11.5 Å². The molecule has 0 bridgehead atoms. The Kier molecular flexibility index (Phi) is 5.25. The number of sulfone groups is 1. The van der Waals surface area contributed by atoms with Crippen LogP contribution in [0.25, 0.3) is 11.0 Å². The van der Waals surface area contributed by atoms with E-state index in [9.17, 15) is 22.8 Å². The van der Waals surface area contributed by atoms with E-state index in [0.717, 1.165) is 6.07 Å². The van der Waals surface area contributed by atoms with E-state index in [1.54, 1.807) is 0 Å². The predicted octanol–water partition coefficient (Wildman–Crippen LogP) is 1.29. The summed E-state index contributed by atoms with van der Waals surface area (Å²) in [7, 11) is -3.14. The smallest absolute Gasteiger partial charge is 0.375 e. The molecule has 1 aliphatic rings. The van der Waals surface area contributed by atoms with E-state index in [0.29, 0.717) is 11.4 Å². The Balaban J connectivity index is 1.69. The zero-order valence-corrected chi connectivity index (χ0v) is 15.8. The normalized spacial score (nSPS) is 19.6. The summed E-state index contributed by atoms with van der Waals surface area (Å²) in [5.74, 6) is -2.08. The highest BCUT2D eigenvalue weighted by Crippen LogP contribution is 2.18. The molecule has 144 valence electrons. The van der Waals surface area contributed by atoms with Crippen LogP contribution in [0.5, 0.6) is 0 Å². The summed E-state index contributed by atoms with van der Waals surface area (Å²) in [6.07, 6.45) is -0.872. The molecule has 1 aliphatic heterocycles. The summed E-state index contributed by atoms with van der Waals surface area (Å²) in [5.41, 5.74) is -0.314. The minimum Gasteiger partial charge on any atom is -0.449 e. The van der Waals surface area contributed by atoms with Gasteiger partial charge < -0.3 is 14.5 Å². The van der Waals surface area contributed by atoms with Crippen molar-refractivity contribution < 1.29 is 27.2 Å². The van der Waals surface area contributed by atoms with E-state index in [1.807, 2.05) is 0 Å². The Morgan fingerprint density at radius 2 is 2.07 bits per heavy atom. The number of fused-ring (bicyclic) bond motifs is 1. The first-order valence-corrected chi connectivity index (χ1v) is 10.3. The lowest BCUT2D eigenvalue weighted by Crippen LogP contribution is -2.42. The van der Waals surface area contributed by atoms with E-state index >= 15 is 0 Å². The first-order valence-electron chi connectivity index (χ1n) is 8.10. The number of carbonyl (C=O) groups excluding carboxylic acids is 2. The first-order chi connectivity index (χ1) is 12.6. The summed E-state index contributed by atoms with van der Waals surface area (Å²) in [4.78, 5) is 36.4. The Morgan fingerprint density at radius 3 is 2.74 bits per heavy atom. The zero-order chi connectivity index (χ0) is 19.8. The topological polar surface area (TPSA) is 120 Å². The van der Waals surface area contributed by atoms with Crippen LogP contribution in [-0.2, 0) is 19.4 Å². The Morgan fingerprint density at radius 1 is 1.33 bits per heavy atom. The molecule has 0 aliphatic carbocycles. The van der Waals surface area contributed by atoms with Crippen molar-refractivity contribution >= 4 is 44.3 Å². The molecule has 1 aromatic carbocycles. The van der Waals surface area contributed by atoms with Gasteiger partial charge in [-0.25, -0.2) is 13.2 Å². The van der Waals surface area contributed by atoms with Gasteiger partial charge >= 0.3 is 5.97 Å². The number of halogens is 1. The van der Waals surface area contributed by atoms with Gasteiger partial charge in [0.25, 0.3) is 5.91 Å². The van der Waals surface area contributed by atoms with Crippen LogP contribution in [0.15, 0.2) is 33.5 Å². The minimum atomic E-state index is -3.14. The Bertz CT molecular complexity index is 1080.